The number of fused-ring (bicyclic) bond motifs is 1. The lowest BCUT2D eigenvalue weighted by Crippen LogP contribution is -2.44. The lowest BCUT2D eigenvalue weighted by atomic mass is 10.3. The van der Waals surface area contributed by atoms with Crippen molar-refractivity contribution in [1.82, 2.24) is 4.73 Å². The Morgan fingerprint density at radius 1 is 1.41 bits per heavy atom. The van der Waals surface area contributed by atoms with Gasteiger partial charge < -0.3 is 10.0 Å². The van der Waals surface area contributed by atoms with Crippen LogP contribution < -0.4 is 15.1 Å². The maximum atomic E-state index is 11.8. The number of rotatable bonds is 1. The van der Waals surface area contributed by atoms with Gasteiger partial charge in [-0.15, -0.1) is 4.73 Å². The Morgan fingerprint density at radius 3 is 2.71 bits per heavy atom. The van der Waals surface area contributed by atoms with Crippen LogP contribution >= 0.6 is 0 Å². The van der Waals surface area contributed by atoms with Crippen molar-refractivity contribution in [3.63, 3.8) is 0 Å². The van der Waals surface area contributed by atoms with E-state index in [1.165, 1.54) is 19.9 Å². The van der Waals surface area contributed by atoms with E-state index < -0.39 is 11.5 Å². The van der Waals surface area contributed by atoms with Crippen molar-refractivity contribution in [3.8, 4) is 0 Å². The molecule has 0 bridgehead atoms. The molecular weight excluding hydrogens is 224 g/mol. The van der Waals surface area contributed by atoms with Gasteiger partial charge in [0.2, 0.25) is 5.52 Å². The summed E-state index contributed by atoms with van der Waals surface area (Å²) < 4.78 is 1.36. The molecule has 0 unspecified atom stereocenters. The Balaban J connectivity index is 2.90. The number of nitrogens with zero attached hydrogens (tertiary/aromatic N) is 2. The molecule has 0 N–H and O–H groups in total. The van der Waals surface area contributed by atoms with Gasteiger partial charge in [0, 0.05) is 19.9 Å². The van der Waals surface area contributed by atoms with Crippen molar-refractivity contribution < 1.29 is 14.4 Å². The Kier molecular flexibility index (Phi) is 2.55. The van der Waals surface area contributed by atoms with Gasteiger partial charge in [-0.2, -0.15) is 4.73 Å². The Labute approximate surface area is 96.2 Å². The monoisotopic (exact) mass is 234 g/mol. The van der Waals surface area contributed by atoms with Crippen molar-refractivity contribution >= 4 is 17.0 Å². The fourth-order valence-electron chi connectivity index (χ4n) is 1.55. The first-order valence-electron chi connectivity index (χ1n) is 4.95. The molecule has 1 heterocycles. The van der Waals surface area contributed by atoms with E-state index in [9.17, 15) is 14.8 Å². The van der Waals surface area contributed by atoms with Gasteiger partial charge in [0.25, 0.3) is 5.69 Å². The fourth-order valence-corrected chi connectivity index (χ4v) is 1.55. The van der Waals surface area contributed by atoms with Crippen LogP contribution in [0.25, 0.3) is 11.0 Å². The second-order valence-corrected chi connectivity index (χ2v) is 3.55. The standard InChI is InChI=1S/C11H10N2O4/c1-7-11(15)13(17-8(2)14)10-6-4-3-5-9(10)12(7)16/h3-6H,1-2H3. The highest BCUT2D eigenvalue weighted by molar-refractivity contribution is 5.73. The van der Waals surface area contributed by atoms with Crippen LogP contribution in [0.15, 0.2) is 29.1 Å². The predicted molar refractivity (Wildman–Crippen MR) is 59.2 cm³/mol. The molecule has 0 atom stereocenters. The van der Waals surface area contributed by atoms with Gasteiger partial charge in [-0.3, -0.25) is 4.79 Å². The van der Waals surface area contributed by atoms with Gasteiger partial charge in [0.1, 0.15) is 0 Å². The maximum absolute atomic E-state index is 11.8. The quantitative estimate of drug-likeness (QED) is 0.511. The number of benzene rings is 1. The van der Waals surface area contributed by atoms with Crippen LogP contribution in [-0.2, 0) is 4.79 Å². The van der Waals surface area contributed by atoms with E-state index in [4.69, 9.17) is 4.84 Å². The Hall–Kier alpha value is -2.37. The van der Waals surface area contributed by atoms with E-state index in [2.05, 4.69) is 0 Å². The number of hydrogen-bond acceptors (Lipinski definition) is 4. The molecule has 0 saturated carbocycles. The maximum Gasteiger partial charge on any atom is 0.352 e. The zero-order valence-electron chi connectivity index (χ0n) is 9.34. The molecule has 0 aliphatic carbocycles. The van der Waals surface area contributed by atoms with Crippen molar-refractivity contribution in [2.45, 2.75) is 13.8 Å². The van der Waals surface area contributed by atoms with E-state index >= 15 is 0 Å². The molecule has 0 aliphatic rings. The molecule has 0 saturated heterocycles. The van der Waals surface area contributed by atoms with E-state index in [1.807, 2.05) is 0 Å². The summed E-state index contributed by atoms with van der Waals surface area (Å²) >= 11 is 0. The Morgan fingerprint density at radius 2 is 2.06 bits per heavy atom. The van der Waals surface area contributed by atoms with Gasteiger partial charge in [0.15, 0.2) is 5.52 Å². The van der Waals surface area contributed by atoms with E-state index in [0.717, 1.165) is 4.73 Å². The molecule has 0 spiro atoms. The summed E-state index contributed by atoms with van der Waals surface area (Å²) in [5.74, 6) is -0.625. The fraction of sp³-hybridized carbons (Fsp3) is 0.182. The van der Waals surface area contributed by atoms with Gasteiger partial charge >= 0.3 is 11.5 Å². The summed E-state index contributed by atoms with van der Waals surface area (Å²) in [5, 5.41) is 11.7. The molecule has 0 amide bonds. The van der Waals surface area contributed by atoms with Crippen LogP contribution in [0.2, 0.25) is 0 Å². The van der Waals surface area contributed by atoms with Gasteiger partial charge in [-0.05, 0) is 6.07 Å². The van der Waals surface area contributed by atoms with Crippen LogP contribution in [0.1, 0.15) is 12.6 Å². The van der Waals surface area contributed by atoms with Crippen molar-refractivity contribution in [1.29, 1.82) is 0 Å². The van der Waals surface area contributed by atoms with Crippen molar-refractivity contribution in [3.05, 3.63) is 45.5 Å². The summed E-state index contributed by atoms with van der Waals surface area (Å²) in [6, 6.07) is 6.40. The predicted octanol–water partition coefficient (Wildman–Crippen LogP) is -0.0816. The molecule has 0 radical (unpaired) electrons. The van der Waals surface area contributed by atoms with Gasteiger partial charge in [0.05, 0.1) is 0 Å². The SMILES string of the molecule is CC(=O)On1c(=O)c(C)[n+]([O-])c2ccccc21. The summed E-state index contributed by atoms with van der Waals surface area (Å²) in [4.78, 5) is 27.5. The summed E-state index contributed by atoms with van der Waals surface area (Å²) in [7, 11) is 0. The average Bonchev–Trinajstić information content (AvgIpc) is 2.31. The first-order valence-corrected chi connectivity index (χ1v) is 4.95. The minimum Gasteiger partial charge on any atom is -0.618 e. The summed E-state index contributed by atoms with van der Waals surface area (Å²) in [6.07, 6.45) is 0. The lowest BCUT2D eigenvalue weighted by molar-refractivity contribution is -0.586. The third-order valence-corrected chi connectivity index (χ3v) is 2.34. The van der Waals surface area contributed by atoms with Crippen molar-refractivity contribution in [2.24, 2.45) is 0 Å². The molecule has 0 aliphatic heterocycles. The molecular formula is C11H10N2O4. The smallest absolute Gasteiger partial charge is 0.352 e. The van der Waals surface area contributed by atoms with E-state index in [0.29, 0.717) is 4.73 Å². The third-order valence-electron chi connectivity index (χ3n) is 2.34. The molecule has 1 aromatic heterocycles. The average molecular weight is 234 g/mol. The van der Waals surface area contributed by atoms with E-state index in [1.54, 1.807) is 18.2 Å². The topological polar surface area (TPSA) is 75.2 Å². The number of para-hydroxylation sites is 2. The molecule has 88 valence electrons. The Bertz CT molecular complexity index is 660. The minimum absolute atomic E-state index is 0.0510. The number of carbonyl (C=O) groups is 1. The van der Waals surface area contributed by atoms with Crippen LogP contribution in [-0.4, -0.2) is 10.7 Å². The lowest BCUT2D eigenvalue weighted by Gasteiger charge is -2.10. The van der Waals surface area contributed by atoms with Crippen LogP contribution in [0, 0.1) is 12.1 Å². The first kappa shape index (κ1) is 11.1. The number of aromatic nitrogens is 2. The highest BCUT2D eigenvalue weighted by Crippen LogP contribution is 2.06. The number of hydrogen-bond donors (Lipinski definition) is 0. The van der Waals surface area contributed by atoms with Crippen LogP contribution in [0.3, 0.4) is 0 Å². The molecule has 2 aromatic rings. The molecule has 0 fully saturated rings. The zero-order chi connectivity index (χ0) is 12.6. The first-order chi connectivity index (χ1) is 8.02. The van der Waals surface area contributed by atoms with Crippen molar-refractivity contribution in [2.75, 3.05) is 0 Å². The van der Waals surface area contributed by atoms with E-state index in [-0.39, 0.29) is 16.7 Å². The summed E-state index contributed by atoms with van der Waals surface area (Å²) in [6.45, 7) is 2.57. The largest absolute Gasteiger partial charge is 0.618 e. The summed E-state index contributed by atoms with van der Waals surface area (Å²) in [5.41, 5.74) is -0.169. The molecule has 1 aromatic carbocycles. The highest BCUT2D eigenvalue weighted by Gasteiger charge is 2.18. The van der Waals surface area contributed by atoms with Crippen LogP contribution in [0.4, 0.5) is 0 Å². The third kappa shape index (κ3) is 1.73. The minimum atomic E-state index is -0.645. The zero-order valence-corrected chi connectivity index (χ0v) is 9.34. The second kappa shape index (κ2) is 3.89. The molecule has 6 heteroatoms. The highest BCUT2D eigenvalue weighted by atomic mass is 16.7. The second-order valence-electron chi connectivity index (χ2n) is 3.55. The van der Waals surface area contributed by atoms with Gasteiger partial charge in [-0.25, -0.2) is 4.79 Å². The molecule has 17 heavy (non-hydrogen) atoms. The van der Waals surface area contributed by atoms with Crippen LogP contribution in [0.5, 0.6) is 0 Å². The molecule has 6 nitrogen and oxygen atoms in total. The van der Waals surface area contributed by atoms with Gasteiger partial charge in [-0.1, -0.05) is 12.1 Å². The molecule has 2 rings (SSSR count). The normalized spacial score (nSPS) is 10.5. The number of carbonyl (C=O) groups excluding carboxylic acids is 1.